The van der Waals surface area contributed by atoms with Gasteiger partial charge in [0.2, 0.25) is 5.91 Å². The lowest BCUT2D eigenvalue weighted by molar-refractivity contribution is -0.117. The molecule has 3 rings (SSSR count). The van der Waals surface area contributed by atoms with E-state index in [9.17, 15) is 9.59 Å². The summed E-state index contributed by atoms with van der Waals surface area (Å²) in [5, 5.41) is 7.12. The van der Waals surface area contributed by atoms with Crippen molar-refractivity contribution in [2.24, 2.45) is 0 Å². The van der Waals surface area contributed by atoms with Crippen LogP contribution in [0.1, 0.15) is 32.0 Å². The molecular formula is C17H22N4O3. The fraction of sp³-hybridized carbons (Fsp3) is 0.471. The van der Waals surface area contributed by atoms with Crippen molar-refractivity contribution in [3.8, 4) is 5.75 Å². The van der Waals surface area contributed by atoms with Gasteiger partial charge in [0.1, 0.15) is 18.1 Å². The summed E-state index contributed by atoms with van der Waals surface area (Å²) in [6, 6.07) is 7.23. The van der Waals surface area contributed by atoms with Crippen LogP contribution in [0, 0.1) is 0 Å². The number of aromatic nitrogens is 3. The van der Waals surface area contributed by atoms with Crippen LogP contribution >= 0.6 is 0 Å². The highest BCUT2D eigenvalue weighted by Gasteiger charge is 2.17. The van der Waals surface area contributed by atoms with E-state index in [0.717, 1.165) is 31.5 Å². The molecule has 7 nitrogen and oxygen atoms in total. The molecule has 0 saturated heterocycles. The lowest BCUT2D eigenvalue weighted by Crippen LogP contribution is -2.30. The number of ether oxygens (including phenoxy) is 1. The second-order valence-electron chi connectivity index (χ2n) is 5.80. The largest absolute Gasteiger partial charge is 0.492 e. The number of aryl methyl sites for hydroxylation is 1. The summed E-state index contributed by atoms with van der Waals surface area (Å²) in [5.74, 6) is 1.10. The van der Waals surface area contributed by atoms with Crippen molar-refractivity contribution in [3.05, 3.63) is 40.6 Å². The highest BCUT2D eigenvalue weighted by molar-refractivity contribution is 5.92. The van der Waals surface area contributed by atoms with Crippen LogP contribution in [0.5, 0.6) is 5.75 Å². The molecule has 24 heavy (non-hydrogen) atoms. The fourth-order valence-electron chi connectivity index (χ4n) is 2.91. The molecule has 1 aliphatic heterocycles. The summed E-state index contributed by atoms with van der Waals surface area (Å²) in [6.07, 6.45) is 3.91. The highest BCUT2D eigenvalue weighted by Crippen LogP contribution is 2.23. The molecule has 128 valence electrons. The van der Waals surface area contributed by atoms with Gasteiger partial charge in [0.25, 0.3) is 0 Å². The maximum Gasteiger partial charge on any atom is 0.346 e. The van der Waals surface area contributed by atoms with E-state index < -0.39 is 0 Å². The summed E-state index contributed by atoms with van der Waals surface area (Å²) in [5.41, 5.74) is 0.387. The summed E-state index contributed by atoms with van der Waals surface area (Å²) in [4.78, 5) is 24.7. The van der Waals surface area contributed by atoms with Crippen molar-refractivity contribution in [1.82, 2.24) is 14.3 Å². The molecule has 0 aliphatic carbocycles. The zero-order valence-corrected chi connectivity index (χ0v) is 13.8. The number of nitrogens with zero attached hydrogens (tertiary/aromatic N) is 3. The first-order valence-corrected chi connectivity index (χ1v) is 8.37. The number of rotatable bonds is 5. The van der Waals surface area contributed by atoms with Gasteiger partial charge in [0.15, 0.2) is 0 Å². The van der Waals surface area contributed by atoms with Crippen molar-refractivity contribution in [2.75, 3.05) is 11.9 Å². The smallest absolute Gasteiger partial charge is 0.346 e. The second kappa shape index (κ2) is 7.33. The Labute approximate surface area is 140 Å². The number of carbonyl (C=O) groups excluding carboxylic acids is 1. The van der Waals surface area contributed by atoms with Gasteiger partial charge in [0, 0.05) is 13.0 Å². The maximum atomic E-state index is 12.4. The van der Waals surface area contributed by atoms with Crippen LogP contribution in [-0.4, -0.2) is 26.9 Å². The molecular weight excluding hydrogens is 308 g/mol. The Kier molecular flexibility index (Phi) is 4.98. The molecule has 2 heterocycles. The van der Waals surface area contributed by atoms with E-state index in [1.165, 1.54) is 4.68 Å². The van der Waals surface area contributed by atoms with Crippen LogP contribution in [-0.2, 0) is 24.3 Å². The predicted octanol–water partition coefficient (Wildman–Crippen LogP) is 1.81. The van der Waals surface area contributed by atoms with E-state index in [0.29, 0.717) is 24.6 Å². The normalized spacial score (nSPS) is 13.9. The lowest BCUT2D eigenvalue weighted by atomic mass is 10.2. The Hall–Kier alpha value is -2.57. The summed E-state index contributed by atoms with van der Waals surface area (Å²) in [6.45, 7) is 2.98. The van der Waals surface area contributed by atoms with Gasteiger partial charge in [-0.25, -0.2) is 9.48 Å². The highest BCUT2D eigenvalue weighted by atomic mass is 16.5. The van der Waals surface area contributed by atoms with E-state index >= 15 is 0 Å². The Bertz CT molecular complexity index is 778. The molecule has 1 N–H and O–H groups in total. The lowest BCUT2D eigenvalue weighted by Gasteiger charge is -2.10. The Morgan fingerprint density at radius 3 is 2.96 bits per heavy atom. The molecule has 0 fully saturated rings. The van der Waals surface area contributed by atoms with Crippen molar-refractivity contribution in [3.63, 3.8) is 0 Å². The first-order valence-electron chi connectivity index (χ1n) is 8.37. The summed E-state index contributed by atoms with van der Waals surface area (Å²) in [7, 11) is 0. The second-order valence-corrected chi connectivity index (χ2v) is 5.80. The van der Waals surface area contributed by atoms with E-state index in [4.69, 9.17) is 4.74 Å². The zero-order chi connectivity index (χ0) is 16.9. The third-order valence-electron chi connectivity index (χ3n) is 4.04. The van der Waals surface area contributed by atoms with Gasteiger partial charge in [-0.15, -0.1) is 0 Å². The van der Waals surface area contributed by atoms with Gasteiger partial charge in [-0.05, 0) is 31.9 Å². The number of hydrogen-bond donors (Lipinski definition) is 1. The average molecular weight is 330 g/mol. The Balaban J connectivity index is 1.73. The third-order valence-corrected chi connectivity index (χ3v) is 4.04. The molecule has 1 aromatic carbocycles. The van der Waals surface area contributed by atoms with Gasteiger partial charge in [0.05, 0.1) is 12.3 Å². The Morgan fingerprint density at radius 2 is 2.12 bits per heavy atom. The van der Waals surface area contributed by atoms with Crippen LogP contribution in [0.3, 0.4) is 0 Å². The molecule has 2 aromatic rings. The number of anilines is 1. The molecule has 0 bridgehead atoms. The summed E-state index contributed by atoms with van der Waals surface area (Å²) >= 11 is 0. The molecule has 0 unspecified atom stereocenters. The Morgan fingerprint density at radius 1 is 1.29 bits per heavy atom. The minimum atomic E-state index is -0.294. The molecule has 1 aromatic heterocycles. The van der Waals surface area contributed by atoms with Gasteiger partial charge in [-0.1, -0.05) is 18.6 Å². The van der Waals surface area contributed by atoms with Gasteiger partial charge in [-0.2, -0.15) is 5.10 Å². The standard InChI is InChI=1S/C17H22N4O3/c1-2-24-14-9-6-5-8-13(14)18-16(22)12-21-17(23)20-11-7-3-4-10-15(20)19-21/h5-6,8-9H,2-4,7,10-12H2,1H3,(H,18,22). The van der Waals surface area contributed by atoms with Gasteiger partial charge < -0.3 is 10.1 Å². The third kappa shape index (κ3) is 3.50. The van der Waals surface area contributed by atoms with Crippen LogP contribution < -0.4 is 15.7 Å². The predicted molar refractivity (Wildman–Crippen MR) is 90.3 cm³/mol. The van der Waals surface area contributed by atoms with Crippen LogP contribution in [0.15, 0.2) is 29.1 Å². The number of benzene rings is 1. The van der Waals surface area contributed by atoms with Gasteiger partial charge >= 0.3 is 5.69 Å². The van der Waals surface area contributed by atoms with Gasteiger partial charge in [-0.3, -0.25) is 9.36 Å². The topological polar surface area (TPSA) is 78.2 Å². The molecule has 0 saturated carbocycles. The fourth-order valence-corrected chi connectivity index (χ4v) is 2.91. The van der Waals surface area contributed by atoms with E-state index in [-0.39, 0.29) is 18.1 Å². The van der Waals surface area contributed by atoms with Crippen molar-refractivity contribution in [1.29, 1.82) is 0 Å². The van der Waals surface area contributed by atoms with Crippen molar-refractivity contribution >= 4 is 11.6 Å². The molecule has 0 spiro atoms. The van der Waals surface area contributed by atoms with E-state index in [1.807, 2.05) is 19.1 Å². The number of hydrogen-bond acceptors (Lipinski definition) is 4. The molecule has 0 atom stereocenters. The van der Waals surface area contributed by atoms with E-state index in [2.05, 4.69) is 10.4 Å². The number of nitrogens with one attached hydrogen (secondary N) is 1. The number of para-hydroxylation sites is 2. The number of fused-ring (bicyclic) bond motifs is 1. The molecule has 7 heteroatoms. The first-order chi connectivity index (χ1) is 11.7. The van der Waals surface area contributed by atoms with Crippen molar-refractivity contribution < 1.29 is 9.53 Å². The minimum absolute atomic E-state index is 0.0979. The quantitative estimate of drug-likeness (QED) is 0.907. The average Bonchev–Trinajstić information content (AvgIpc) is 2.75. The molecule has 1 amide bonds. The molecule has 0 radical (unpaired) electrons. The first kappa shape index (κ1) is 16.3. The number of carbonyl (C=O) groups is 1. The minimum Gasteiger partial charge on any atom is -0.492 e. The SMILES string of the molecule is CCOc1ccccc1NC(=O)Cn1nc2n(c1=O)CCCCC2. The van der Waals surface area contributed by atoms with E-state index in [1.54, 1.807) is 16.7 Å². The van der Waals surface area contributed by atoms with Crippen LogP contribution in [0.4, 0.5) is 5.69 Å². The monoisotopic (exact) mass is 330 g/mol. The molecule has 1 aliphatic rings. The zero-order valence-electron chi connectivity index (χ0n) is 13.8. The van der Waals surface area contributed by atoms with Crippen molar-refractivity contribution in [2.45, 2.75) is 45.7 Å². The van der Waals surface area contributed by atoms with Crippen LogP contribution in [0.25, 0.3) is 0 Å². The summed E-state index contributed by atoms with van der Waals surface area (Å²) < 4.78 is 8.43. The number of amides is 1. The maximum absolute atomic E-state index is 12.4. The van der Waals surface area contributed by atoms with Crippen LogP contribution in [0.2, 0.25) is 0 Å².